The Morgan fingerprint density at radius 2 is 2.15 bits per heavy atom. The summed E-state index contributed by atoms with van der Waals surface area (Å²) in [5.41, 5.74) is 6.33. The van der Waals surface area contributed by atoms with Crippen molar-refractivity contribution in [3.8, 4) is 0 Å². The Balaban J connectivity index is 2.50. The van der Waals surface area contributed by atoms with Crippen LogP contribution in [0.1, 0.15) is 18.4 Å². The maximum atomic E-state index is 13.5. The summed E-state index contributed by atoms with van der Waals surface area (Å²) in [5.74, 6) is -0.141. The number of rotatable bonds is 2. The van der Waals surface area contributed by atoms with Gasteiger partial charge in [-0.3, -0.25) is 0 Å². The molecule has 1 aromatic carbocycles. The van der Waals surface area contributed by atoms with Crippen molar-refractivity contribution in [3.05, 3.63) is 34.1 Å². The van der Waals surface area contributed by atoms with Crippen molar-refractivity contribution in [3.63, 3.8) is 0 Å². The van der Waals surface area contributed by atoms with E-state index in [-0.39, 0.29) is 11.2 Å². The Morgan fingerprint density at radius 1 is 1.46 bits per heavy atom. The van der Waals surface area contributed by atoms with Gasteiger partial charge in [-0.2, -0.15) is 0 Å². The van der Waals surface area contributed by atoms with E-state index in [2.05, 4.69) is 15.9 Å². The van der Waals surface area contributed by atoms with Crippen LogP contribution in [0.4, 0.5) is 4.39 Å². The fourth-order valence-corrected chi connectivity index (χ4v) is 2.47. The summed E-state index contributed by atoms with van der Waals surface area (Å²) in [6.07, 6.45) is 2.01. The van der Waals surface area contributed by atoms with Crippen LogP contribution in [0.25, 0.3) is 0 Å². The Morgan fingerprint density at radius 3 is 2.62 bits per heavy atom. The molecule has 0 spiro atoms. The molecule has 1 nitrogen and oxygen atoms in total. The predicted molar refractivity (Wildman–Crippen MR) is 54.1 cm³/mol. The van der Waals surface area contributed by atoms with Crippen LogP contribution < -0.4 is 5.73 Å². The van der Waals surface area contributed by atoms with Gasteiger partial charge in [0.15, 0.2) is 0 Å². The van der Waals surface area contributed by atoms with Crippen molar-refractivity contribution >= 4 is 15.9 Å². The van der Waals surface area contributed by atoms with Gasteiger partial charge in [0.1, 0.15) is 5.82 Å². The van der Waals surface area contributed by atoms with Crippen LogP contribution in [0.2, 0.25) is 0 Å². The number of nitrogens with two attached hydrogens (primary N) is 1. The fourth-order valence-electron chi connectivity index (χ4n) is 1.71. The van der Waals surface area contributed by atoms with Crippen LogP contribution in [0.3, 0.4) is 0 Å². The topological polar surface area (TPSA) is 26.0 Å². The zero-order valence-corrected chi connectivity index (χ0v) is 8.77. The summed E-state index contributed by atoms with van der Waals surface area (Å²) in [5, 5.41) is 0. The Bertz CT molecular complexity index is 313. The lowest BCUT2D eigenvalue weighted by molar-refractivity contribution is 0.570. The number of hydrogen-bond donors (Lipinski definition) is 1. The highest BCUT2D eigenvalue weighted by atomic mass is 79.9. The molecule has 3 heteroatoms. The Hall–Kier alpha value is -0.410. The zero-order chi connectivity index (χ0) is 9.47. The quantitative estimate of drug-likeness (QED) is 0.850. The summed E-state index contributed by atoms with van der Waals surface area (Å²) in [7, 11) is 0. The van der Waals surface area contributed by atoms with E-state index in [0.717, 1.165) is 22.9 Å². The minimum absolute atomic E-state index is 0.0792. The molecule has 1 aliphatic carbocycles. The molecule has 1 saturated carbocycles. The molecule has 0 amide bonds. The van der Waals surface area contributed by atoms with Gasteiger partial charge in [0.2, 0.25) is 0 Å². The van der Waals surface area contributed by atoms with Gasteiger partial charge in [-0.15, -0.1) is 0 Å². The lowest BCUT2D eigenvalue weighted by atomic mass is 9.96. The standard InChI is InChI=1S/C10H11BrFN/c11-7-2-1-3-8(12)9(7)10(6-13)4-5-10/h1-3H,4-6,13H2. The fraction of sp³-hybridized carbons (Fsp3) is 0.400. The zero-order valence-electron chi connectivity index (χ0n) is 7.19. The van der Waals surface area contributed by atoms with Crippen LogP contribution in [0.15, 0.2) is 22.7 Å². The van der Waals surface area contributed by atoms with E-state index in [4.69, 9.17) is 5.73 Å². The van der Waals surface area contributed by atoms with E-state index in [9.17, 15) is 4.39 Å². The lowest BCUT2D eigenvalue weighted by Gasteiger charge is -2.15. The molecule has 0 unspecified atom stereocenters. The summed E-state index contributed by atoms with van der Waals surface area (Å²) < 4.78 is 14.3. The Kier molecular flexibility index (Phi) is 2.16. The van der Waals surface area contributed by atoms with Crippen molar-refractivity contribution in [1.29, 1.82) is 0 Å². The van der Waals surface area contributed by atoms with Crippen LogP contribution in [0, 0.1) is 5.82 Å². The molecule has 0 aromatic heterocycles. The molecule has 1 aliphatic rings. The van der Waals surface area contributed by atoms with Crippen LogP contribution in [-0.4, -0.2) is 6.54 Å². The number of benzene rings is 1. The molecule has 2 rings (SSSR count). The van der Waals surface area contributed by atoms with Gasteiger partial charge in [-0.25, -0.2) is 4.39 Å². The van der Waals surface area contributed by atoms with Gasteiger partial charge in [0, 0.05) is 22.0 Å². The van der Waals surface area contributed by atoms with Gasteiger partial charge in [-0.1, -0.05) is 22.0 Å². The molecule has 0 atom stereocenters. The van der Waals surface area contributed by atoms with Gasteiger partial charge >= 0.3 is 0 Å². The summed E-state index contributed by atoms with van der Waals surface area (Å²) in [6.45, 7) is 0.534. The average Bonchev–Trinajstić information content (AvgIpc) is 2.85. The monoisotopic (exact) mass is 243 g/mol. The summed E-state index contributed by atoms with van der Waals surface area (Å²) in [6, 6.07) is 5.07. The van der Waals surface area contributed by atoms with E-state index in [1.165, 1.54) is 6.07 Å². The predicted octanol–water partition coefficient (Wildman–Crippen LogP) is 2.58. The smallest absolute Gasteiger partial charge is 0.128 e. The second-order valence-corrected chi connectivity index (χ2v) is 4.44. The third-order valence-electron chi connectivity index (χ3n) is 2.74. The van der Waals surface area contributed by atoms with Crippen LogP contribution in [0.5, 0.6) is 0 Å². The second-order valence-electron chi connectivity index (χ2n) is 3.58. The molecule has 0 radical (unpaired) electrons. The van der Waals surface area contributed by atoms with Gasteiger partial charge < -0.3 is 5.73 Å². The first-order valence-corrected chi connectivity index (χ1v) is 5.13. The van der Waals surface area contributed by atoms with Crippen LogP contribution in [-0.2, 0) is 5.41 Å². The first-order valence-electron chi connectivity index (χ1n) is 4.34. The molecule has 70 valence electrons. The highest BCUT2D eigenvalue weighted by Gasteiger charge is 2.45. The van der Waals surface area contributed by atoms with E-state index in [0.29, 0.717) is 6.54 Å². The van der Waals surface area contributed by atoms with Gasteiger partial charge in [0.05, 0.1) is 0 Å². The van der Waals surface area contributed by atoms with Crippen molar-refractivity contribution in [2.45, 2.75) is 18.3 Å². The van der Waals surface area contributed by atoms with E-state index in [1.54, 1.807) is 6.07 Å². The van der Waals surface area contributed by atoms with Crippen molar-refractivity contribution in [2.24, 2.45) is 5.73 Å². The molecular weight excluding hydrogens is 233 g/mol. The van der Waals surface area contributed by atoms with Crippen molar-refractivity contribution in [2.75, 3.05) is 6.54 Å². The highest BCUT2D eigenvalue weighted by molar-refractivity contribution is 9.10. The molecule has 1 aromatic rings. The molecular formula is C10H11BrFN. The third-order valence-corrected chi connectivity index (χ3v) is 3.40. The lowest BCUT2D eigenvalue weighted by Crippen LogP contribution is -2.21. The number of halogens is 2. The third kappa shape index (κ3) is 1.40. The maximum absolute atomic E-state index is 13.5. The highest BCUT2D eigenvalue weighted by Crippen LogP contribution is 2.50. The van der Waals surface area contributed by atoms with E-state index >= 15 is 0 Å². The SMILES string of the molecule is NCC1(c2c(F)cccc2Br)CC1. The molecule has 2 N–H and O–H groups in total. The molecule has 0 saturated heterocycles. The summed E-state index contributed by atoms with van der Waals surface area (Å²) >= 11 is 3.37. The van der Waals surface area contributed by atoms with Crippen molar-refractivity contribution in [1.82, 2.24) is 0 Å². The minimum Gasteiger partial charge on any atom is -0.330 e. The van der Waals surface area contributed by atoms with Crippen molar-refractivity contribution < 1.29 is 4.39 Å². The molecule has 13 heavy (non-hydrogen) atoms. The Labute approximate surface area is 85.3 Å². The van der Waals surface area contributed by atoms with Crippen LogP contribution >= 0.6 is 15.9 Å². The van der Waals surface area contributed by atoms with Gasteiger partial charge in [0.25, 0.3) is 0 Å². The largest absolute Gasteiger partial charge is 0.330 e. The molecule has 0 aliphatic heterocycles. The second kappa shape index (κ2) is 3.07. The van der Waals surface area contributed by atoms with E-state index in [1.807, 2.05) is 6.07 Å². The first kappa shape index (κ1) is 9.16. The molecule has 1 fully saturated rings. The molecule has 0 heterocycles. The maximum Gasteiger partial charge on any atom is 0.128 e. The minimum atomic E-state index is -0.141. The first-order chi connectivity index (χ1) is 6.19. The summed E-state index contributed by atoms with van der Waals surface area (Å²) in [4.78, 5) is 0. The average molecular weight is 244 g/mol. The van der Waals surface area contributed by atoms with Gasteiger partial charge in [-0.05, 0) is 25.0 Å². The molecule has 0 bridgehead atoms. The normalized spacial score (nSPS) is 18.7. The number of hydrogen-bond acceptors (Lipinski definition) is 1. The van der Waals surface area contributed by atoms with E-state index < -0.39 is 0 Å².